The Morgan fingerprint density at radius 3 is 2.48 bits per heavy atom. The van der Waals surface area contributed by atoms with E-state index in [4.69, 9.17) is 4.74 Å². The van der Waals surface area contributed by atoms with Crippen molar-refractivity contribution in [3.63, 3.8) is 0 Å². The Balaban J connectivity index is 2.21. The van der Waals surface area contributed by atoms with E-state index in [1.54, 1.807) is 6.08 Å². The monoisotopic (exact) mass is 290 g/mol. The molecule has 0 atom stereocenters. The fourth-order valence-corrected chi connectivity index (χ4v) is 1.74. The van der Waals surface area contributed by atoms with Crippen molar-refractivity contribution in [1.29, 1.82) is 0 Å². The van der Waals surface area contributed by atoms with Gasteiger partial charge in [-0.15, -0.1) is 6.58 Å². The van der Waals surface area contributed by atoms with Crippen LogP contribution in [0.3, 0.4) is 0 Å². The molecule has 4 nitrogen and oxygen atoms in total. The van der Waals surface area contributed by atoms with Crippen LogP contribution >= 0.6 is 0 Å². The third-order valence-corrected chi connectivity index (χ3v) is 3.00. The molecule has 0 radical (unpaired) electrons. The van der Waals surface area contributed by atoms with Gasteiger partial charge >= 0.3 is 6.03 Å². The number of carbonyl (C=O) groups excluding carboxylic acids is 1. The van der Waals surface area contributed by atoms with Crippen molar-refractivity contribution in [3.05, 3.63) is 42.5 Å². The van der Waals surface area contributed by atoms with E-state index >= 15 is 0 Å². The van der Waals surface area contributed by atoms with E-state index < -0.39 is 0 Å². The first kappa shape index (κ1) is 17.1. The van der Waals surface area contributed by atoms with Gasteiger partial charge in [-0.3, -0.25) is 0 Å². The van der Waals surface area contributed by atoms with Crippen molar-refractivity contribution < 1.29 is 9.53 Å². The van der Waals surface area contributed by atoms with Crippen LogP contribution in [0.5, 0.6) is 5.75 Å². The Morgan fingerprint density at radius 1 is 1.24 bits per heavy atom. The number of hydrogen-bond acceptors (Lipinski definition) is 2. The van der Waals surface area contributed by atoms with Crippen LogP contribution in [0.25, 0.3) is 0 Å². The Kier molecular flexibility index (Phi) is 6.79. The van der Waals surface area contributed by atoms with Gasteiger partial charge in [0.25, 0.3) is 0 Å². The third-order valence-electron chi connectivity index (χ3n) is 3.00. The van der Waals surface area contributed by atoms with E-state index in [2.05, 4.69) is 50.1 Å². The number of nitrogens with one attached hydrogen (secondary N) is 2. The minimum absolute atomic E-state index is 0.154. The van der Waals surface area contributed by atoms with Crippen molar-refractivity contribution in [3.8, 4) is 5.75 Å². The number of hydrogen-bond donors (Lipinski definition) is 2. The van der Waals surface area contributed by atoms with Crippen molar-refractivity contribution in [2.75, 3.05) is 19.7 Å². The summed E-state index contributed by atoms with van der Waals surface area (Å²) in [6.45, 7) is 11.7. The highest BCUT2D eigenvalue weighted by Gasteiger charge is 2.12. The maximum Gasteiger partial charge on any atom is 0.315 e. The van der Waals surface area contributed by atoms with Crippen molar-refractivity contribution in [2.24, 2.45) is 0 Å². The molecule has 4 heteroatoms. The number of amides is 2. The summed E-state index contributed by atoms with van der Waals surface area (Å²) in [6.07, 6.45) is 2.41. The summed E-state index contributed by atoms with van der Waals surface area (Å²) in [5.41, 5.74) is 1.44. The Morgan fingerprint density at radius 2 is 1.90 bits per heavy atom. The molecule has 0 aliphatic rings. The lowest BCUT2D eigenvalue weighted by molar-refractivity contribution is 0.240. The maximum atomic E-state index is 11.3. The van der Waals surface area contributed by atoms with Crippen molar-refractivity contribution in [2.45, 2.75) is 32.6 Å². The first-order valence-corrected chi connectivity index (χ1v) is 7.29. The molecule has 0 aliphatic carbocycles. The smallest absolute Gasteiger partial charge is 0.315 e. The molecule has 0 saturated heterocycles. The van der Waals surface area contributed by atoms with Crippen molar-refractivity contribution in [1.82, 2.24) is 10.6 Å². The summed E-state index contributed by atoms with van der Waals surface area (Å²) >= 11 is 0. The molecule has 0 aliphatic heterocycles. The summed E-state index contributed by atoms with van der Waals surface area (Å²) in [6, 6.07) is 7.99. The standard InChI is InChI=1S/C17H26N2O2/c1-5-11-18-16(20)19-12-6-13-21-15-9-7-14(8-10-15)17(2,3)4/h5,7-10H,1,6,11-13H2,2-4H3,(H2,18,19,20). The fourth-order valence-electron chi connectivity index (χ4n) is 1.74. The van der Waals surface area contributed by atoms with E-state index in [-0.39, 0.29) is 11.4 Å². The van der Waals surface area contributed by atoms with Gasteiger partial charge in [0.1, 0.15) is 5.75 Å². The normalized spacial score (nSPS) is 10.8. The van der Waals surface area contributed by atoms with E-state index in [1.807, 2.05) is 12.1 Å². The number of carbonyl (C=O) groups is 1. The van der Waals surface area contributed by atoms with Gasteiger partial charge in [-0.2, -0.15) is 0 Å². The largest absolute Gasteiger partial charge is 0.494 e. The molecule has 1 aromatic carbocycles. The molecule has 21 heavy (non-hydrogen) atoms. The third kappa shape index (κ3) is 6.84. The maximum absolute atomic E-state index is 11.3. The van der Waals surface area contributed by atoms with E-state index in [1.165, 1.54) is 5.56 Å². The van der Waals surface area contributed by atoms with Crippen LogP contribution in [0.4, 0.5) is 4.79 Å². The first-order chi connectivity index (χ1) is 9.93. The van der Waals surface area contributed by atoms with Crippen LogP contribution in [-0.4, -0.2) is 25.7 Å². The van der Waals surface area contributed by atoms with Crippen molar-refractivity contribution >= 4 is 6.03 Å². The molecule has 0 saturated carbocycles. The minimum atomic E-state index is -0.176. The summed E-state index contributed by atoms with van der Waals surface area (Å²) in [4.78, 5) is 11.3. The van der Waals surface area contributed by atoms with Gasteiger partial charge in [0.2, 0.25) is 0 Å². The quantitative estimate of drug-likeness (QED) is 0.598. The zero-order valence-electron chi connectivity index (χ0n) is 13.2. The molecule has 0 heterocycles. The van der Waals surface area contributed by atoms with Crippen LogP contribution < -0.4 is 15.4 Å². The number of benzene rings is 1. The summed E-state index contributed by atoms with van der Waals surface area (Å²) in [5.74, 6) is 0.860. The second-order valence-corrected chi connectivity index (χ2v) is 5.90. The predicted octanol–water partition coefficient (Wildman–Crippen LogP) is 3.24. The first-order valence-electron chi connectivity index (χ1n) is 7.29. The molecule has 1 rings (SSSR count). The Bertz CT molecular complexity index is 447. The summed E-state index contributed by atoms with van der Waals surface area (Å²) in [5, 5.41) is 5.41. The molecule has 2 N–H and O–H groups in total. The van der Waals surface area contributed by atoms with Gasteiger partial charge in [0.15, 0.2) is 0 Å². The topological polar surface area (TPSA) is 50.4 Å². The highest BCUT2D eigenvalue weighted by molar-refractivity contribution is 5.73. The Labute approximate surface area is 127 Å². The lowest BCUT2D eigenvalue weighted by Gasteiger charge is -2.19. The molecule has 2 amide bonds. The van der Waals surface area contributed by atoms with E-state index in [0.29, 0.717) is 19.7 Å². The van der Waals surface area contributed by atoms with Gasteiger partial charge in [-0.1, -0.05) is 39.0 Å². The summed E-state index contributed by atoms with van der Waals surface area (Å²) < 4.78 is 5.65. The SMILES string of the molecule is C=CCNC(=O)NCCCOc1ccc(C(C)(C)C)cc1. The molecular formula is C17H26N2O2. The van der Waals surface area contributed by atoms with Gasteiger partial charge in [0, 0.05) is 13.1 Å². The summed E-state index contributed by atoms with van der Waals surface area (Å²) in [7, 11) is 0. The second kappa shape index (κ2) is 8.35. The zero-order valence-corrected chi connectivity index (χ0v) is 13.2. The average Bonchev–Trinajstić information content (AvgIpc) is 2.44. The second-order valence-electron chi connectivity index (χ2n) is 5.90. The molecule has 0 aromatic heterocycles. The van der Waals surface area contributed by atoms with Crippen LogP contribution in [0.1, 0.15) is 32.8 Å². The molecule has 1 aromatic rings. The lowest BCUT2D eigenvalue weighted by atomic mass is 9.87. The predicted molar refractivity (Wildman–Crippen MR) is 86.9 cm³/mol. The molecule has 116 valence electrons. The molecule has 0 bridgehead atoms. The van der Waals surface area contributed by atoms with Crippen LogP contribution in [0.2, 0.25) is 0 Å². The molecule has 0 spiro atoms. The zero-order chi connectivity index (χ0) is 15.7. The van der Waals surface area contributed by atoms with Gasteiger partial charge in [0.05, 0.1) is 6.61 Å². The van der Waals surface area contributed by atoms with E-state index in [0.717, 1.165) is 12.2 Å². The highest BCUT2D eigenvalue weighted by atomic mass is 16.5. The van der Waals surface area contributed by atoms with E-state index in [9.17, 15) is 4.79 Å². The lowest BCUT2D eigenvalue weighted by Crippen LogP contribution is -2.36. The van der Waals surface area contributed by atoms with Crippen LogP contribution in [0, 0.1) is 0 Å². The average molecular weight is 290 g/mol. The Hall–Kier alpha value is -1.97. The van der Waals surface area contributed by atoms with Crippen LogP contribution in [-0.2, 0) is 5.41 Å². The number of rotatable bonds is 7. The van der Waals surface area contributed by atoms with Crippen LogP contribution in [0.15, 0.2) is 36.9 Å². The highest BCUT2D eigenvalue weighted by Crippen LogP contribution is 2.24. The minimum Gasteiger partial charge on any atom is -0.494 e. The van der Waals surface area contributed by atoms with Gasteiger partial charge in [-0.25, -0.2) is 4.79 Å². The molecular weight excluding hydrogens is 264 g/mol. The molecule has 0 unspecified atom stereocenters. The van der Waals surface area contributed by atoms with Gasteiger partial charge in [-0.05, 0) is 29.5 Å². The molecule has 0 fully saturated rings. The van der Waals surface area contributed by atoms with Gasteiger partial charge < -0.3 is 15.4 Å². The number of ether oxygens (including phenoxy) is 1. The number of urea groups is 1. The fraction of sp³-hybridized carbons (Fsp3) is 0.471.